The molecule has 1 unspecified atom stereocenters. The van der Waals surface area contributed by atoms with Crippen molar-refractivity contribution in [3.05, 3.63) is 35.4 Å². The molecule has 3 N–H and O–H groups in total. The molecule has 0 spiro atoms. The number of nitrogens with zero attached hydrogens (tertiary/aromatic N) is 1. The van der Waals surface area contributed by atoms with E-state index in [1.165, 1.54) is 11.1 Å². The molecule has 1 rings (SSSR count). The molecule has 1 amide bonds. The Labute approximate surface area is 163 Å². The standard InChI is InChI=1S/C18H30N4O.HI/c1-13(2)17(23)20-9-10-21-18(19-5)22-12-15(4)16-8-6-7-14(3)11-16;/h6-8,11,13,15H,9-10,12H2,1-5H3,(H,20,23)(H2,19,21,22);1H. The summed E-state index contributed by atoms with van der Waals surface area (Å²) in [5, 5.41) is 9.40. The van der Waals surface area contributed by atoms with E-state index in [0.717, 1.165) is 12.5 Å². The number of carbonyl (C=O) groups excluding carboxylic acids is 1. The van der Waals surface area contributed by atoms with Crippen LogP contribution >= 0.6 is 24.0 Å². The van der Waals surface area contributed by atoms with E-state index in [9.17, 15) is 4.79 Å². The van der Waals surface area contributed by atoms with Crippen molar-refractivity contribution >= 4 is 35.8 Å². The minimum Gasteiger partial charge on any atom is -0.356 e. The number of hydrogen-bond donors (Lipinski definition) is 3. The molecule has 24 heavy (non-hydrogen) atoms. The van der Waals surface area contributed by atoms with E-state index < -0.39 is 0 Å². The summed E-state index contributed by atoms with van der Waals surface area (Å²) in [4.78, 5) is 15.7. The molecule has 0 aliphatic rings. The average molecular weight is 446 g/mol. The fourth-order valence-electron chi connectivity index (χ4n) is 2.14. The molecule has 0 bridgehead atoms. The van der Waals surface area contributed by atoms with Crippen molar-refractivity contribution in [2.75, 3.05) is 26.7 Å². The Morgan fingerprint density at radius 3 is 2.38 bits per heavy atom. The van der Waals surface area contributed by atoms with Gasteiger partial charge in [-0.15, -0.1) is 24.0 Å². The number of halogens is 1. The van der Waals surface area contributed by atoms with Gasteiger partial charge in [0.05, 0.1) is 0 Å². The molecular weight excluding hydrogens is 415 g/mol. The predicted molar refractivity (Wildman–Crippen MR) is 112 cm³/mol. The third kappa shape index (κ3) is 8.52. The summed E-state index contributed by atoms with van der Waals surface area (Å²) in [6.07, 6.45) is 0. The van der Waals surface area contributed by atoms with Crippen LogP contribution in [0, 0.1) is 12.8 Å². The van der Waals surface area contributed by atoms with Crippen molar-refractivity contribution in [3.63, 3.8) is 0 Å². The van der Waals surface area contributed by atoms with Gasteiger partial charge in [0.15, 0.2) is 5.96 Å². The zero-order valence-corrected chi connectivity index (χ0v) is 17.7. The summed E-state index contributed by atoms with van der Waals surface area (Å²) in [6, 6.07) is 8.56. The number of hydrogen-bond acceptors (Lipinski definition) is 2. The largest absolute Gasteiger partial charge is 0.356 e. The highest BCUT2D eigenvalue weighted by molar-refractivity contribution is 14.0. The van der Waals surface area contributed by atoms with Gasteiger partial charge in [0.1, 0.15) is 0 Å². The van der Waals surface area contributed by atoms with E-state index in [-0.39, 0.29) is 35.8 Å². The van der Waals surface area contributed by atoms with E-state index in [2.05, 4.69) is 59.1 Å². The number of aliphatic imine (C=N–C) groups is 1. The monoisotopic (exact) mass is 446 g/mol. The number of carbonyl (C=O) groups is 1. The van der Waals surface area contributed by atoms with Crippen molar-refractivity contribution in [1.82, 2.24) is 16.0 Å². The van der Waals surface area contributed by atoms with Crippen LogP contribution in [0.2, 0.25) is 0 Å². The Morgan fingerprint density at radius 1 is 1.12 bits per heavy atom. The summed E-state index contributed by atoms with van der Waals surface area (Å²) in [7, 11) is 1.75. The second-order valence-electron chi connectivity index (χ2n) is 6.14. The Balaban J connectivity index is 0.00000529. The second-order valence-corrected chi connectivity index (χ2v) is 6.14. The van der Waals surface area contributed by atoms with Gasteiger partial charge in [-0.25, -0.2) is 0 Å². The van der Waals surface area contributed by atoms with Crippen LogP contribution in [0.25, 0.3) is 0 Å². The Morgan fingerprint density at radius 2 is 1.79 bits per heavy atom. The molecule has 0 aliphatic carbocycles. The lowest BCUT2D eigenvalue weighted by Gasteiger charge is -2.17. The van der Waals surface area contributed by atoms with Crippen molar-refractivity contribution in [2.45, 2.75) is 33.6 Å². The van der Waals surface area contributed by atoms with Crippen LogP contribution in [-0.4, -0.2) is 38.5 Å². The number of guanidine groups is 1. The lowest BCUT2D eigenvalue weighted by atomic mass is 9.99. The van der Waals surface area contributed by atoms with Gasteiger partial charge in [-0.3, -0.25) is 9.79 Å². The Hall–Kier alpha value is -1.31. The van der Waals surface area contributed by atoms with Crippen molar-refractivity contribution in [3.8, 4) is 0 Å². The average Bonchev–Trinajstić information content (AvgIpc) is 2.53. The fraction of sp³-hybridized carbons (Fsp3) is 0.556. The lowest BCUT2D eigenvalue weighted by Crippen LogP contribution is -2.43. The van der Waals surface area contributed by atoms with Crippen LogP contribution in [0.3, 0.4) is 0 Å². The highest BCUT2D eigenvalue weighted by Gasteiger charge is 2.07. The molecule has 136 valence electrons. The number of rotatable bonds is 7. The molecule has 0 saturated heterocycles. The van der Waals surface area contributed by atoms with Crippen molar-refractivity contribution < 1.29 is 4.79 Å². The number of nitrogens with one attached hydrogen (secondary N) is 3. The molecule has 5 nitrogen and oxygen atoms in total. The van der Waals surface area contributed by atoms with Crippen LogP contribution in [0.5, 0.6) is 0 Å². The smallest absolute Gasteiger partial charge is 0.222 e. The lowest BCUT2D eigenvalue weighted by molar-refractivity contribution is -0.123. The van der Waals surface area contributed by atoms with Crippen LogP contribution in [0.1, 0.15) is 37.8 Å². The van der Waals surface area contributed by atoms with Crippen LogP contribution in [-0.2, 0) is 4.79 Å². The minimum absolute atomic E-state index is 0. The van der Waals surface area contributed by atoms with E-state index in [4.69, 9.17) is 0 Å². The van der Waals surface area contributed by atoms with E-state index in [1.807, 2.05) is 13.8 Å². The van der Waals surface area contributed by atoms with Gasteiger partial charge in [-0.05, 0) is 18.4 Å². The van der Waals surface area contributed by atoms with Gasteiger partial charge in [-0.1, -0.05) is 50.6 Å². The molecule has 0 radical (unpaired) electrons. The Bertz CT molecular complexity index is 532. The zero-order valence-electron chi connectivity index (χ0n) is 15.3. The quantitative estimate of drug-likeness (QED) is 0.261. The first-order valence-electron chi connectivity index (χ1n) is 8.22. The van der Waals surface area contributed by atoms with Crippen molar-refractivity contribution in [1.29, 1.82) is 0 Å². The molecule has 0 fully saturated rings. The maximum absolute atomic E-state index is 11.5. The first-order chi connectivity index (χ1) is 10.9. The van der Waals surface area contributed by atoms with Crippen molar-refractivity contribution in [2.24, 2.45) is 10.9 Å². The van der Waals surface area contributed by atoms with E-state index in [0.29, 0.717) is 19.0 Å². The van der Waals surface area contributed by atoms with Gasteiger partial charge in [0, 0.05) is 32.6 Å². The maximum Gasteiger partial charge on any atom is 0.222 e. The van der Waals surface area contributed by atoms with Gasteiger partial charge < -0.3 is 16.0 Å². The minimum atomic E-state index is 0. The van der Waals surface area contributed by atoms with E-state index >= 15 is 0 Å². The third-order valence-electron chi connectivity index (χ3n) is 3.65. The fourth-order valence-corrected chi connectivity index (χ4v) is 2.14. The molecule has 0 saturated carbocycles. The molecule has 1 atom stereocenters. The van der Waals surface area contributed by atoms with Crippen LogP contribution in [0.15, 0.2) is 29.3 Å². The SMILES string of the molecule is CN=C(NCCNC(=O)C(C)C)NCC(C)c1cccc(C)c1.I. The van der Waals surface area contributed by atoms with Crippen LogP contribution in [0.4, 0.5) is 0 Å². The highest BCUT2D eigenvalue weighted by Crippen LogP contribution is 2.15. The van der Waals surface area contributed by atoms with Gasteiger partial charge in [0.2, 0.25) is 5.91 Å². The molecule has 1 aromatic carbocycles. The topological polar surface area (TPSA) is 65.5 Å². The molecular formula is C18H31IN4O. The van der Waals surface area contributed by atoms with Gasteiger partial charge >= 0.3 is 0 Å². The molecule has 0 heterocycles. The molecule has 1 aromatic rings. The summed E-state index contributed by atoms with van der Waals surface area (Å²) >= 11 is 0. The summed E-state index contributed by atoms with van der Waals surface area (Å²) in [5.41, 5.74) is 2.59. The first kappa shape index (κ1) is 22.7. The number of aryl methyl sites for hydroxylation is 1. The highest BCUT2D eigenvalue weighted by atomic mass is 127. The predicted octanol–water partition coefficient (Wildman–Crippen LogP) is 2.65. The van der Waals surface area contributed by atoms with Gasteiger partial charge in [0.25, 0.3) is 0 Å². The van der Waals surface area contributed by atoms with Gasteiger partial charge in [-0.2, -0.15) is 0 Å². The summed E-state index contributed by atoms with van der Waals surface area (Å²) < 4.78 is 0. The maximum atomic E-state index is 11.5. The normalized spacial score (nSPS) is 12.3. The number of amides is 1. The first-order valence-corrected chi connectivity index (χ1v) is 8.22. The molecule has 6 heteroatoms. The second kappa shape index (κ2) is 12.1. The van der Waals surface area contributed by atoms with Crippen LogP contribution < -0.4 is 16.0 Å². The Kier molecular flexibility index (Phi) is 11.4. The molecule has 0 aromatic heterocycles. The summed E-state index contributed by atoms with van der Waals surface area (Å²) in [5.74, 6) is 1.24. The zero-order chi connectivity index (χ0) is 17.2. The number of benzene rings is 1. The van der Waals surface area contributed by atoms with E-state index in [1.54, 1.807) is 7.05 Å². The third-order valence-corrected chi connectivity index (χ3v) is 3.65. The summed E-state index contributed by atoms with van der Waals surface area (Å²) in [6.45, 7) is 10.1. The molecule has 0 aliphatic heterocycles.